The van der Waals surface area contributed by atoms with E-state index >= 15 is 0 Å². The van der Waals surface area contributed by atoms with Crippen LogP contribution >= 0.6 is 11.3 Å². The van der Waals surface area contributed by atoms with Crippen LogP contribution in [0.15, 0.2) is 18.2 Å². The zero-order valence-electron chi connectivity index (χ0n) is 15.4. The standard InChI is InChI=1S/C17H18N4O6S/c1-17(2)15(25)21(10-6-9(14(23)24)4-5-11(10)27-17)7-12(22)18-16-20-19-13(28-16)8-26-3/h4-6H,7-8H2,1-3H3,(H,23,24)(H,18,20,22). The van der Waals surface area contributed by atoms with Gasteiger partial charge in [-0.2, -0.15) is 0 Å². The number of amides is 2. The lowest BCUT2D eigenvalue weighted by molar-refractivity contribution is -0.133. The van der Waals surface area contributed by atoms with E-state index in [-0.39, 0.29) is 29.5 Å². The molecule has 0 aliphatic carbocycles. The van der Waals surface area contributed by atoms with Crippen molar-refractivity contribution in [1.82, 2.24) is 10.2 Å². The molecule has 2 aromatic rings. The maximum absolute atomic E-state index is 12.8. The molecule has 0 fully saturated rings. The number of aromatic nitrogens is 2. The minimum absolute atomic E-state index is 0.0198. The van der Waals surface area contributed by atoms with Crippen molar-refractivity contribution in [2.24, 2.45) is 0 Å². The molecule has 0 radical (unpaired) electrons. The number of nitrogens with one attached hydrogen (secondary N) is 1. The molecule has 1 aromatic carbocycles. The number of fused-ring (bicyclic) bond motifs is 1. The SMILES string of the molecule is COCc1nnc(NC(=O)CN2C(=O)C(C)(C)Oc3ccc(C(=O)O)cc32)s1. The number of benzene rings is 1. The maximum Gasteiger partial charge on any atom is 0.335 e. The van der Waals surface area contributed by atoms with Crippen LogP contribution < -0.4 is 15.0 Å². The molecule has 11 heteroatoms. The van der Waals surface area contributed by atoms with E-state index in [0.29, 0.717) is 10.8 Å². The first-order chi connectivity index (χ1) is 13.2. The largest absolute Gasteiger partial charge is 0.478 e. The zero-order valence-corrected chi connectivity index (χ0v) is 16.2. The third-order valence-corrected chi connectivity index (χ3v) is 4.72. The van der Waals surface area contributed by atoms with Crippen LogP contribution in [0.25, 0.3) is 0 Å². The molecule has 1 aromatic heterocycles. The first-order valence-corrected chi connectivity index (χ1v) is 9.02. The van der Waals surface area contributed by atoms with E-state index in [1.54, 1.807) is 13.8 Å². The number of anilines is 2. The predicted molar refractivity (Wildman–Crippen MR) is 99.7 cm³/mol. The van der Waals surface area contributed by atoms with Crippen LogP contribution in [0.2, 0.25) is 0 Å². The molecule has 148 valence electrons. The summed E-state index contributed by atoms with van der Waals surface area (Å²) < 4.78 is 10.6. The fourth-order valence-electron chi connectivity index (χ4n) is 2.65. The predicted octanol–water partition coefficient (Wildman–Crippen LogP) is 1.53. The van der Waals surface area contributed by atoms with Crippen LogP contribution in [0.5, 0.6) is 5.75 Å². The number of carbonyl (C=O) groups excluding carboxylic acids is 2. The van der Waals surface area contributed by atoms with Crippen LogP contribution in [0, 0.1) is 0 Å². The summed E-state index contributed by atoms with van der Waals surface area (Å²) in [7, 11) is 1.52. The van der Waals surface area contributed by atoms with Gasteiger partial charge in [0.25, 0.3) is 5.91 Å². The molecule has 3 rings (SSSR count). The number of nitrogens with zero attached hydrogens (tertiary/aromatic N) is 3. The Labute approximate surface area is 164 Å². The van der Waals surface area contributed by atoms with Gasteiger partial charge < -0.3 is 14.6 Å². The molecular weight excluding hydrogens is 388 g/mol. The molecule has 2 amide bonds. The first-order valence-electron chi connectivity index (χ1n) is 8.21. The molecule has 10 nitrogen and oxygen atoms in total. The summed E-state index contributed by atoms with van der Waals surface area (Å²) in [4.78, 5) is 37.8. The fraction of sp³-hybridized carbons (Fsp3) is 0.353. The van der Waals surface area contributed by atoms with Crippen LogP contribution in [-0.4, -0.2) is 52.3 Å². The van der Waals surface area contributed by atoms with E-state index in [1.165, 1.54) is 30.2 Å². The van der Waals surface area contributed by atoms with Gasteiger partial charge in [-0.25, -0.2) is 4.79 Å². The van der Waals surface area contributed by atoms with E-state index in [1.807, 2.05) is 0 Å². The van der Waals surface area contributed by atoms with Crippen LogP contribution in [-0.2, 0) is 20.9 Å². The van der Waals surface area contributed by atoms with Crippen molar-refractivity contribution >= 4 is 39.9 Å². The summed E-state index contributed by atoms with van der Waals surface area (Å²) in [6, 6.07) is 4.16. The molecule has 0 saturated heterocycles. The van der Waals surface area contributed by atoms with Crippen molar-refractivity contribution in [2.45, 2.75) is 26.1 Å². The number of ether oxygens (including phenoxy) is 2. The normalized spacial score (nSPS) is 15.0. The van der Waals surface area contributed by atoms with Gasteiger partial charge in [0.1, 0.15) is 23.9 Å². The Bertz CT molecular complexity index is 941. The van der Waals surface area contributed by atoms with Gasteiger partial charge in [0.15, 0.2) is 5.60 Å². The number of carbonyl (C=O) groups is 3. The van der Waals surface area contributed by atoms with Crippen molar-refractivity contribution in [1.29, 1.82) is 0 Å². The second kappa shape index (κ2) is 7.52. The third-order valence-electron chi connectivity index (χ3n) is 3.90. The van der Waals surface area contributed by atoms with Crippen LogP contribution in [0.1, 0.15) is 29.2 Å². The van der Waals surface area contributed by atoms with Crippen molar-refractivity contribution in [3.05, 3.63) is 28.8 Å². The Kier molecular flexibility index (Phi) is 5.29. The number of hydrogen-bond donors (Lipinski definition) is 2. The summed E-state index contributed by atoms with van der Waals surface area (Å²) in [5.74, 6) is -1.79. The van der Waals surface area contributed by atoms with Gasteiger partial charge >= 0.3 is 5.97 Å². The topological polar surface area (TPSA) is 131 Å². The van der Waals surface area contributed by atoms with Gasteiger partial charge in [-0.3, -0.25) is 19.8 Å². The van der Waals surface area contributed by atoms with Gasteiger partial charge in [0.05, 0.1) is 11.3 Å². The quantitative estimate of drug-likeness (QED) is 0.738. The molecule has 0 unspecified atom stereocenters. The summed E-state index contributed by atoms with van der Waals surface area (Å²) in [5, 5.41) is 20.4. The minimum atomic E-state index is -1.20. The van der Waals surface area contributed by atoms with E-state index in [2.05, 4.69) is 15.5 Å². The Morgan fingerprint density at radius 2 is 2.11 bits per heavy atom. The lowest BCUT2D eigenvalue weighted by Gasteiger charge is -2.38. The van der Waals surface area contributed by atoms with E-state index in [4.69, 9.17) is 9.47 Å². The highest BCUT2D eigenvalue weighted by atomic mass is 32.1. The highest BCUT2D eigenvalue weighted by Crippen LogP contribution is 2.38. The third kappa shape index (κ3) is 3.94. The number of carboxylic acids is 1. The number of hydrogen-bond acceptors (Lipinski definition) is 8. The van der Waals surface area contributed by atoms with Gasteiger partial charge in [0, 0.05) is 7.11 Å². The van der Waals surface area contributed by atoms with Gasteiger partial charge in [0.2, 0.25) is 11.0 Å². The monoisotopic (exact) mass is 406 g/mol. The highest BCUT2D eigenvalue weighted by molar-refractivity contribution is 7.15. The van der Waals surface area contributed by atoms with Gasteiger partial charge in [-0.1, -0.05) is 11.3 Å². The van der Waals surface area contributed by atoms with E-state index < -0.39 is 23.4 Å². The Morgan fingerprint density at radius 3 is 2.79 bits per heavy atom. The summed E-state index contributed by atoms with van der Waals surface area (Å²) in [5.41, 5.74) is -1.00. The molecular formula is C17H18N4O6S. The fourth-order valence-corrected chi connectivity index (χ4v) is 3.37. The zero-order chi connectivity index (χ0) is 20.5. The van der Waals surface area contributed by atoms with E-state index in [9.17, 15) is 19.5 Å². The van der Waals surface area contributed by atoms with Crippen LogP contribution in [0.3, 0.4) is 0 Å². The molecule has 2 N–H and O–H groups in total. The smallest absolute Gasteiger partial charge is 0.335 e. The average molecular weight is 406 g/mol. The summed E-state index contributed by atoms with van der Waals surface area (Å²) in [6.45, 7) is 3.10. The Balaban J connectivity index is 1.84. The van der Waals surface area contributed by atoms with Crippen molar-refractivity contribution in [3.63, 3.8) is 0 Å². The van der Waals surface area contributed by atoms with Gasteiger partial charge in [-0.15, -0.1) is 10.2 Å². The van der Waals surface area contributed by atoms with E-state index in [0.717, 1.165) is 11.3 Å². The van der Waals surface area contributed by atoms with Gasteiger partial charge in [-0.05, 0) is 32.0 Å². The Morgan fingerprint density at radius 1 is 1.36 bits per heavy atom. The summed E-state index contributed by atoms with van der Waals surface area (Å²) >= 11 is 1.16. The van der Waals surface area contributed by atoms with Crippen LogP contribution in [0.4, 0.5) is 10.8 Å². The van der Waals surface area contributed by atoms with Crippen molar-refractivity contribution < 1.29 is 29.0 Å². The van der Waals surface area contributed by atoms with Crippen molar-refractivity contribution in [2.75, 3.05) is 23.9 Å². The minimum Gasteiger partial charge on any atom is -0.478 e. The average Bonchev–Trinajstić information content (AvgIpc) is 3.05. The molecule has 1 aliphatic rings. The molecule has 0 spiro atoms. The molecule has 0 atom stereocenters. The number of methoxy groups -OCH3 is 1. The second-order valence-corrected chi connectivity index (χ2v) is 7.54. The lowest BCUT2D eigenvalue weighted by atomic mass is 10.0. The number of aromatic carboxylic acids is 1. The first kappa shape index (κ1) is 19.7. The molecule has 2 heterocycles. The summed E-state index contributed by atoms with van der Waals surface area (Å²) in [6.07, 6.45) is 0. The molecule has 28 heavy (non-hydrogen) atoms. The lowest BCUT2D eigenvalue weighted by Crippen LogP contribution is -2.54. The molecule has 0 bridgehead atoms. The maximum atomic E-state index is 12.8. The second-order valence-electron chi connectivity index (χ2n) is 6.47. The molecule has 0 saturated carbocycles. The molecule has 1 aliphatic heterocycles. The van der Waals surface area contributed by atoms with Crippen molar-refractivity contribution in [3.8, 4) is 5.75 Å². The number of carboxylic acid groups (broad SMARTS) is 1. The number of rotatable bonds is 6. The highest BCUT2D eigenvalue weighted by Gasteiger charge is 2.42. The Hall–Kier alpha value is -3.05.